The van der Waals surface area contributed by atoms with Crippen molar-refractivity contribution in [2.45, 2.75) is 25.9 Å². The van der Waals surface area contributed by atoms with Crippen molar-refractivity contribution in [1.29, 1.82) is 0 Å². The van der Waals surface area contributed by atoms with Crippen molar-refractivity contribution in [3.05, 3.63) is 64.4 Å². The lowest BCUT2D eigenvalue weighted by Crippen LogP contribution is -2.27. The smallest absolute Gasteiger partial charge is 0.165 e. The zero-order valence-corrected chi connectivity index (χ0v) is 12.0. The second-order valence-electron chi connectivity index (χ2n) is 4.90. The van der Waals surface area contributed by atoms with Gasteiger partial charge in [0.2, 0.25) is 0 Å². The van der Waals surface area contributed by atoms with Gasteiger partial charge in [0.25, 0.3) is 0 Å². The standard InChI is InChI=1S/C16H17ClFNO/c1-11(7-12-3-2-4-14(17)8-12)19-10-13-5-6-16(20)15(18)9-13/h2-6,8-9,11,19-20H,7,10H2,1H3. The molecule has 0 bridgehead atoms. The number of nitrogens with one attached hydrogen (secondary N) is 1. The Morgan fingerprint density at radius 2 is 2.00 bits per heavy atom. The Bertz CT molecular complexity index is 588. The van der Waals surface area contributed by atoms with E-state index in [0.717, 1.165) is 22.6 Å². The lowest BCUT2D eigenvalue weighted by Gasteiger charge is -2.14. The molecule has 2 N–H and O–H groups in total. The van der Waals surface area contributed by atoms with Crippen LogP contribution in [0.4, 0.5) is 4.39 Å². The normalized spacial score (nSPS) is 12.3. The summed E-state index contributed by atoms with van der Waals surface area (Å²) in [6, 6.07) is 12.4. The number of hydrogen-bond acceptors (Lipinski definition) is 2. The molecule has 0 heterocycles. The second-order valence-corrected chi connectivity index (χ2v) is 5.34. The third-order valence-electron chi connectivity index (χ3n) is 3.10. The van der Waals surface area contributed by atoms with Crippen molar-refractivity contribution in [2.75, 3.05) is 0 Å². The van der Waals surface area contributed by atoms with Crippen LogP contribution in [0, 0.1) is 5.82 Å². The monoisotopic (exact) mass is 293 g/mol. The van der Waals surface area contributed by atoms with E-state index in [1.54, 1.807) is 6.07 Å². The number of halogens is 2. The number of phenols is 1. The summed E-state index contributed by atoms with van der Waals surface area (Å²) in [7, 11) is 0. The van der Waals surface area contributed by atoms with Crippen LogP contribution >= 0.6 is 11.6 Å². The van der Waals surface area contributed by atoms with E-state index in [2.05, 4.69) is 12.2 Å². The molecule has 0 saturated carbocycles. The van der Waals surface area contributed by atoms with Crippen LogP contribution in [0.1, 0.15) is 18.1 Å². The molecule has 0 saturated heterocycles. The van der Waals surface area contributed by atoms with Crippen LogP contribution in [-0.2, 0) is 13.0 Å². The van der Waals surface area contributed by atoms with Crippen molar-refractivity contribution in [3.63, 3.8) is 0 Å². The van der Waals surface area contributed by atoms with Gasteiger partial charge in [0, 0.05) is 17.6 Å². The maximum atomic E-state index is 13.2. The van der Waals surface area contributed by atoms with Gasteiger partial charge < -0.3 is 10.4 Å². The molecule has 0 radical (unpaired) electrons. The van der Waals surface area contributed by atoms with E-state index in [1.165, 1.54) is 12.1 Å². The van der Waals surface area contributed by atoms with Gasteiger partial charge in [-0.15, -0.1) is 0 Å². The van der Waals surface area contributed by atoms with Crippen molar-refractivity contribution in [2.24, 2.45) is 0 Å². The second kappa shape index (κ2) is 6.73. The first-order chi connectivity index (χ1) is 9.54. The van der Waals surface area contributed by atoms with Gasteiger partial charge >= 0.3 is 0 Å². The average molecular weight is 294 g/mol. The van der Waals surface area contributed by atoms with Gasteiger partial charge in [0.1, 0.15) is 0 Å². The largest absolute Gasteiger partial charge is 0.505 e. The minimum absolute atomic E-state index is 0.241. The Hall–Kier alpha value is -1.58. The number of aromatic hydroxyl groups is 1. The Morgan fingerprint density at radius 3 is 2.70 bits per heavy atom. The fraction of sp³-hybridized carbons (Fsp3) is 0.250. The van der Waals surface area contributed by atoms with E-state index >= 15 is 0 Å². The van der Waals surface area contributed by atoms with Gasteiger partial charge in [0.05, 0.1) is 0 Å². The molecule has 1 unspecified atom stereocenters. The zero-order chi connectivity index (χ0) is 14.5. The first-order valence-electron chi connectivity index (χ1n) is 6.50. The molecular weight excluding hydrogens is 277 g/mol. The van der Waals surface area contributed by atoms with E-state index in [4.69, 9.17) is 16.7 Å². The summed E-state index contributed by atoms with van der Waals surface area (Å²) in [6.45, 7) is 2.62. The van der Waals surface area contributed by atoms with Crippen LogP contribution in [0.5, 0.6) is 5.75 Å². The third kappa shape index (κ3) is 4.22. The minimum atomic E-state index is -0.591. The lowest BCUT2D eigenvalue weighted by atomic mass is 10.1. The van der Waals surface area contributed by atoms with E-state index in [-0.39, 0.29) is 11.8 Å². The van der Waals surface area contributed by atoms with E-state index in [0.29, 0.717) is 6.54 Å². The lowest BCUT2D eigenvalue weighted by molar-refractivity contribution is 0.431. The molecule has 106 valence electrons. The Morgan fingerprint density at radius 1 is 1.20 bits per heavy atom. The van der Waals surface area contributed by atoms with E-state index in [9.17, 15) is 4.39 Å². The Balaban J connectivity index is 1.88. The fourth-order valence-corrected chi connectivity index (χ4v) is 2.25. The maximum Gasteiger partial charge on any atom is 0.165 e. The van der Waals surface area contributed by atoms with Crippen LogP contribution in [0.2, 0.25) is 5.02 Å². The Kier molecular flexibility index (Phi) is 4.99. The number of hydrogen-bond donors (Lipinski definition) is 2. The molecule has 0 aliphatic rings. The molecule has 2 nitrogen and oxygen atoms in total. The molecule has 2 aromatic carbocycles. The summed E-state index contributed by atoms with van der Waals surface area (Å²) >= 11 is 5.95. The molecule has 0 aliphatic carbocycles. The summed E-state index contributed by atoms with van der Waals surface area (Å²) in [4.78, 5) is 0. The van der Waals surface area contributed by atoms with Crippen molar-refractivity contribution < 1.29 is 9.50 Å². The first kappa shape index (κ1) is 14.8. The van der Waals surface area contributed by atoms with Crippen LogP contribution in [0.3, 0.4) is 0 Å². The Labute approximate surface area is 123 Å². The van der Waals surface area contributed by atoms with Crippen LogP contribution < -0.4 is 5.32 Å². The molecule has 0 fully saturated rings. The van der Waals surface area contributed by atoms with Gasteiger partial charge in [-0.1, -0.05) is 29.8 Å². The van der Waals surface area contributed by atoms with Crippen LogP contribution in [0.15, 0.2) is 42.5 Å². The molecule has 4 heteroatoms. The third-order valence-corrected chi connectivity index (χ3v) is 3.33. The molecule has 20 heavy (non-hydrogen) atoms. The predicted octanol–water partition coefficient (Wildman–Crippen LogP) is 3.91. The van der Waals surface area contributed by atoms with Gasteiger partial charge in [0.15, 0.2) is 11.6 Å². The summed E-state index contributed by atoms with van der Waals surface area (Å²) in [5.74, 6) is -0.910. The zero-order valence-electron chi connectivity index (χ0n) is 11.2. The van der Waals surface area contributed by atoms with Crippen molar-refractivity contribution in [1.82, 2.24) is 5.32 Å². The fourth-order valence-electron chi connectivity index (χ4n) is 2.04. The van der Waals surface area contributed by atoms with E-state index < -0.39 is 5.82 Å². The number of benzene rings is 2. The molecule has 0 amide bonds. The van der Waals surface area contributed by atoms with Gasteiger partial charge in [-0.3, -0.25) is 0 Å². The van der Waals surface area contributed by atoms with Gasteiger partial charge in [-0.05, 0) is 48.7 Å². The quantitative estimate of drug-likeness (QED) is 0.876. The van der Waals surface area contributed by atoms with Crippen LogP contribution in [-0.4, -0.2) is 11.1 Å². The molecule has 2 aromatic rings. The van der Waals surface area contributed by atoms with Crippen molar-refractivity contribution in [3.8, 4) is 5.75 Å². The summed E-state index contributed by atoms with van der Waals surface area (Å²) in [6.07, 6.45) is 0.848. The molecular formula is C16H17ClFNO. The van der Waals surface area contributed by atoms with Gasteiger partial charge in [-0.2, -0.15) is 0 Å². The highest BCUT2D eigenvalue weighted by molar-refractivity contribution is 6.30. The average Bonchev–Trinajstić information content (AvgIpc) is 2.40. The molecule has 1 atom stereocenters. The van der Waals surface area contributed by atoms with Gasteiger partial charge in [-0.25, -0.2) is 4.39 Å². The van der Waals surface area contributed by atoms with E-state index in [1.807, 2.05) is 24.3 Å². The minimum Gasteiger partial charge on any atom is -0.505 e. The summed E-state index contributed by atoms with van der Waals surface area (Å²) in [5.41, 5.74) is 1.97. The molecule has 0 spiro atoms. The highest BCUT2D eigenvalue weighted by atomic mass is 35.5. The SMILES string of the molecule is CC(Cc1cccc(Cl)c1)NCc1ccc(O)c(F)c1. The topological polar surface area (TPSA) is 32.3 Å². The molecule has 0 aliphatic heterocycles. The van der Waals surface area contributed by atoms with Crippen LogP contribution in [0.25, 0.3) is 0 Å². The van der Waals surface area contributed by atoms with Crippen molar-refractivity contribution >= 4 is 11.6 Å². The maximum absolute atomic E-state index is 13.2. The number of phenolic OH excluding ortho intramolecular Hbond substituents is 1. The molecule has 0 aromatic heterocycles. The first-order valence-corrected chi connectivity index (χ1v) is 6.87. The summed E-state index contributed by atoms with van der Waals surface area (Å²) in [5, 5.41) is 13.2. The highest BCUT2D eigenvalue weighted by Crippen LogP contribution is 2.16. The highest BCUT2D eigenvalue weighted by Gasteiger charge is 2.06. The molecule has 2 rings (SSSR count). The predicted molar refractivity (Wildman–Crippen MR) is 79.5 cm³/mol. The summed E-state index contributed by atoms with van der Waals surface area (Å²) < 4.78 is 13.2. The number of rotatable bonds is 5.